The fourth-order valence-electron chi connectivity index (χ4n) is 4.82. The van der Waals surface area contributed by atoms with Crippen molar-refractivity contribution in [1.29, 1.82) is 0 Å². The molecule has 1 atom stereocenters. The Morgan fingerprint density at radius 2 is 1.58 bits per heavy atom. The summed E-state index contributed by atoms with van der Waals surface area (Å²) in [5.41, 5.74) is 6.53. The predicted molar refractivity (Wildman–Crippen MR) is 145 cm³/mol. The van der Waals surface area contributed by atoms with Crippen molar-refractivity contribution in [3.8, 4) is 0 Å². The molecule has 8 N–H and O–H groups in total. The third-order valence-corrected chi connectivity index (χ3v) is 11.4. The van der Waals surface area contributed by atoms with E-state index in [1.807, 2.05) is 0 Å². The second-order valence-corrected chi connectivity index (χ2v) is 14.5. The summed E-state index contributed by atoms with van der Waals surface area (Å²) in [6.07, 6.45) is 1.88. The van der Waals surface area contributed by atoms with Gasteiger partial charge in [0.05, 0.1) is 17.8 Å². The van der Waals surface area contributed by atoms with Crippen molar-refractivity contribution < 1.29 is 43.4 Å². The van der Waals surface area contributed by atoms with E-state index in [4.69, 9.17) is 28.9 Å². The minimum Gasteiger partial charge on any atom is -0.368 e. The summed E-state index contributed by atoms with van der Waals surface area (Å²) in [6.45, 7) is 0.723. The summed E-state index contributed by atoms with van der Waals surface area (Å²) in [4.78, 5) is 62.6. The lowest BCUT2D eigenvalue weighted by atomic mass is 9.90. The van der Waals surface area contributed by atoms with E-state index < -0.39 is 44.2 Å². The second-order valence-electron chi connectivity index (χ2n) is 9.78. The number of benzene rings is 1. The number of hydrogen-bond acceptors (Lipinski definition) is 6. The normalized spacial score (nSPS) is 17.3. The molecule has 2 rings (SSSR count). The number of carbonyl (C=O) groups is 2. The topological polar surface area (TPSA) is 207 Å². The number of nitrogens with one attached hydrogen (secondary N) is 1. The van der Waals surface area contributed by atoms with Gasteiger partial charge < -0.3 is 35.7 Å². The Morgan fingerprint density at radius 3 is 2.00 bits per heavy atom. The van der Waals surface area contributed by atoms with Gasteiger partial charge in [-0.05, 0) is 43.4 Å². The van der Waals surface area contributed by atoms with E-state index >= 15 is 0 Å². The lowest BCUT2D eigenvalue weighted by Crippen LogP contribution is -2.53. The first-order chi connectivity index (χ1) is 17.6. The number of rotatable bonds is 15. The SMILES string of the molecule is N[C@@H](Cc1ccc([N+](C=O)(CCCl)CCCl)cc1)C(=O)NC1(CCC(O)(P(=O)(O)O)P(=O)(O)O)CCCC1. The van der Waals surface area contributed by atoms with Gasteiger partial charge in [0.15, 0.2) is 0 Å². The molecule has 1 aliphatic carbocycles. The summed E-state index contributed by atoms with van der Waals surface area (Å²) in [6, 6.07) is 5.98. The van der Waals surface area contributed by atoms with Crippen molar-refractivity contribution in [2.45, 2.75) is 61.6 Å². The Labute approximate surface area is 231 Å². The van der Waals surface area contributed by atoms with E-state index in [0.717, 1.165) is 12.0 Å². The maximum absolute atomic E-state index is 13.0. The van der Waals surface area contributed by atoms with Crippen molar-refractivity contribution in [3.05, 3.63) is 29.8 Å². The number of nitrogens with zero attached hydrogens (tertiary/aromatic N) is 1. The van der Waals surface area contributed by atoms with E-state index in [0.29, 0.717) is 44.5 Å². The molecule has 216 valence electrons. The fourth-order valence-corrected chi connectivity index (χ4v) is 7.59. The first kappa shape index (κ1) is 33.3. The Kier molecular flexibility index (Phi) is 11.6. The molecule has 0 aliphatic heterocycles. The molecule has 12 nitrogen and oxygen atoms in total. The molecule has 1 saturated carbocycles. The van der Waals surface area contributed by atoms with Crippen molar-refractivity contribution in [3.63, 3.8) is 0 Å². The van der Waals surface area contributed by atoms with Gasteiger partial charge >= 0.3 is 21.6 Å². The van der Waals surface area contributed by atoms with Crippen molar-refractivity contribution >= 4 is 56.4 Å². The smallest absolute Gasteiger partial charge is 0.368 e. The highest BCUT2D eigenvalue weighted by atomic mass is 35.5. The number of hydrogen-bond donors (Lipinski definition) is 7. The molecule has 0 aromatic heterocycles. The molecule has 1 aromatic rings. The largest absolute Gasteiger partial charge is 0.369 e. The van der Waals surface area contributed by atoms with E-state index in [9.17, 15) is 43.4 Å². The standard InChI is InChI=1S/C22H35Cl2N3O9P2/c23-11-13-27(16-28,14-12-24)18-5-3-17(4-6-18)15-19(25)20(29)26-21(7-1-2-8-21)9-10-22(30,37(31,32)33)38(34,35)36/h3-6,16,19,30H,1-2,7-15,25H2,(H4-,26,29,31,32,33,34,35,36)/p+1/t19-/m0/s1. The van der Waals surface area contributed by atoms with Gasteiger partial charge in [0.1, 0.15) is 18.8 Å². The second kappa shape index (κ2) is 13.2. The van der Waals surface area contributed by atoms with Crippen LogP contribution in [0.15, 0.2) is 24.3 Å². The number of alkyl halides is 2. The number of quaternary nitrogens is 1. The molecule has 0 heterocycles. The van der Waals surface area contributed by atoms with Crippen molar-refractivity contribution in [2.75, 3.05) is 24.8 Å². The lowest BCUT2D eigenvalue weighted by Gasteiger charge is -2.36. The number of aliphatic hydroxyl groups is 1. The van der Waals surface area contributed by atoms with Crippen LogP contribution >= 0.6 is 38.4 Å². The van der Waals surface area contributed by atoms with Crippen LogP contribution in [0.3, 0.4) is 0 Å². The zero-order valence-electron chi connectivity index (χ0n) is 20.8. The molecular weight excluding hydrogens is 583 g/mol. The first-order valence-corrected chi connectivity index (χ1v) is 16.3. The highest BCUT2D eigenvalue weighted by molar-refractivity contribution is 7.72. The maximum Gasteiger partial charge on any atom is 0.369 e. The van der Waals surface area contributed by atoms with Crippen LogP contribution in [-0.2, 0) is 25.1 Å². The van der Waals surface area contributed by atoms with Gasteiger partial charge in [-0.1, -0.05) is 25.0 Å². The fraction of sp³-hybridized carbons (Fsp3) is 0.636. The Bertz CT molecular complexity index is 1030. The monoisotopic (exact) mass is 618 g/mol. The molecule has 38 heavy (non-hydrogen) atoms. The van der Waals surface area contributed by atoms with Gasteiger partial charge in [-0.2, -0.15) is 0 Å². The molecule has 1 fully saturated rings. The van der Waals surface area contributed by atoms with Crippen LogP contribution in [0, 0.1) is 0 Å². The Morgan fingerprint density at radius 1 is 1.08 bits per heavy atom. The number of nitrogens with two attached hydrogens (primary N) is 1. The average Bonchev–Trinajstić information content (AvgIpc) is 3.29. The summed E-state index contributed by atoms with van der Waals surface area (Å²) >= 11 is 11.8. The van der Waals surface area contributed by atoms with E-state index in [1.54, 1.807) is 24.3 Å². The molecular formula is C22H36Cl2N3O9P2+. The maximum atomic E-state index is 13.0. The zero-order valence-corrected chi connectivity index (χ0v) is 24.1. The van der Waals surface area contributed by atoms with Gasteiger partial charge in [0, 0.05) is 12.0 Å². The van der Waals surface area contributed by atoms with Crippen LogP contribution in [0.1, 0.15) is 44.1 Å². The molecule has 0 spiro atoms. The van der Waals surface area contributed by atoms with Gasteiger partial charge in [-0.3, -0.25) is 13.9 Å². The summed E-state index contributed by atoms with van der Waals surface area (Å²) in [7, 11) is -11.2. The average molecular weight is 619 g/mol. The third kappa shape index (κ3) is 7.65. The van der Waals surface area contributed by atoms with Crippen LogP contribution in [0.2, 0.25) is 0 Å². The van der Waals surface area contributed by atoms with E-state index in [2.05, 4.69) is 5.32 Å². The van der Waals surface area contributed by atoms with Crippen LogP contribution in [-0.4, -0.2) is 78.5 Å². The quantitative estimate of drug-likeness (QED) is 0.0655. The number of halogens is 2. The number of carbonyl (C=O) groups excluding carboxylic acids is 2. The summed E-state index contributed by atoms with van der Waals surface area (Å²) in [5, 5.41) is 9.52. The van der Waals surface area contributed by atoms with Gasteiger partial charge in [0.25, 0.3) is 5.08 Å². The molecule has 16 heteroatoms. The van der Waals surface area contributed by atoms with Gasteiger partial charge in [-0.25, -0.2) is 9.28 Å². The summed E-state index contributed by atoms with van der Waals surface area (Å²) < 4.78 is 23.4. The zero-order chi connectivity index (χ0) is 28.8. The van der Waals surface area contributed by atoms with Crippen molar-refractivity contribution in [1.82, 2.24) is 9.80 Å². The van der Waals surface area contributed by atoms with Crippen LogP contribution in [0.5, 0.6) is 0 Å². The minimum atomic E-state index is -5.61. The Balaban J connectivity index is 2.14. The highest BCUT2D eigenvalue weighted by Gasteiger charge is 2.59. The van der Waals surface area contributed by atoms with E-state index in [-0.39, 0.29) is 29.1 Å². The predicted octanol–water partition coefficient (Wildman–Crippen LogP) is 1.71. The molecule has 0 saturated heterocycles. The molecule has 1 aromatic carbocycles. The first-order valence-electron chi connectivity index (χ1n) is 12.0. The van der Waals surface area contributed by atoms with Crippen LogP contribution in [0.25, 0.3) is 0 Å². The van der Waals surface area contributed by atoms with Gasteiger partial charge in [-0.15, -0.1) is 23.2 Å². The molecule has 1 aliphatic rings. The van der Waals surface area contributed by atoms with E-state index in [1.165, 1.54) is 0 Å². The minimum absolute atomic E-state index is 0.0437. The molecule has 2 amide bonds. The van der Waals surface area contributed by atoms with Crippen LogP contribution in [0.4, 0.5) is 5.69 Å². The molecule has 0 bridgehead atoms. The highest BCUT2D eigenvalue weighted by Crippen LogP contribution is 2.69. The molecule has 0 unspecified atom stereocenters. The number of amides is 2. The summed E-state index contributed by atoms with van der Waals surface area (Å²) in [5.74, 6) is -0.0393. The van der Waals surface area contributed by atoms with Crippen molar-refractivity contribution in [2.24, 2.45) is 5.73 Å². The third-order valence-electron chi connectivity index (χ3n) is 7.23. The lowest BCUT2D eigenvalue weighted by molar-refractivity contribution is -0.124. The van der Waals surface area contributed by atoms with Gasteiger partial charge in [0.2, 0.25) is 5.91 Å². The van der Waals surface area contributed by atoms with Crippen LogP contribution < -0.4 is 15.5 Å². The molecule has 0 radical (unpaired) electrons. The Hall–Kier alpha value is -0.880.